The van der Waals surface area contributed by atoms with Gasteiger partial charge in [-0.05, 0) is 17.0 Å². The second kappa shape index (κ2) is 3.46. The molecule has 0 radical (unpaired) electrons. The van der Waals surface area contributed by atoms with Crippen molar-refractivity contribution >= 4 is 0 Å². The summed E-state index contributed by atoms with van der Waals surface area (Å²) in [7, 11) is 0. The Morgan fingerprint density at radius 2 is 1.82 bits per heavy atom. The molecular formula is C9H16N2. The van der Waals surface area contributed by atoms with Crippen LogP contribution in [0.1, 0.15) is 33.8 Å². The van der Waals surface area contributed by atoms with Crippen molar-refractivity contribution in [2.45, 2.75) is 33.6 Å². The van der Waals surface area contributed by atoms with Crippen molar-refractivity contribution in [2.24, 2.45) is 0 Å². The highest BCUT2D eigenvalue weighted by Gasteiger charge is 2.12. The highest BCUT2D eigenvalue weighted by atomic mass is 15.1. The molecular weight excluding hydrogens is 136 g/mol. The zero-order valence-corrected chi connectivity index (χ0v) is 6.63. The van der Waals surface area contributed by atoms with E-state index in [0.29, 0.717) is 0 Å². The number of rotatable bonds is 0. The summed E-state index contributed by atoms with van der Waals surface area (Å²) in [4.78, 5) is 0. The second-order valence-corrected chi connectivity index (χ2v) is 3.38. The summed E-state index contributed by atoms with van der Waals surface area (Å²) in [6.45, 7) is 6.47. The van der Waals surface area contributed by atoms with Crippen LogP contribution in [0.5, 0.6) is 0 Å². The summed E-state index contributed by atoms with van der Waals surface area (Å²) in [6, 6.07) is 1.99. The maximum absolute atomic E-state index is 3.80. The van der Waals surface area contributed by atoms with E-state index in [-0.39, 0.29) is 12.8 Å². The molecule has 0 amide bonds. The van der Waals surface area contributed by atoms with Gasteiger partial charge in [0.15, 0.2) is 0 Å². The predicted molar refractivity (Wildman–Crippen MR) is 47.5 cm³/mol. The lowest BCUT2D eigenvalue weighted by molar-refractivity contribution is 0.584. The maximum atomic E-state index is 3.80. The minimum atomic E-state index is 0. The molecule has 2 heteroatoms. The molecule has 0 saturated heterocycles. The largest absolute Gasteiger partial charge is 0.159 e. The summed E-state index contributed by atoms with van der Waals surface area (Å²) in [5.41, 5.74) is 1.41. The van der Waals surface area contributed by atoms with Crippen LogP contribution < -0.4 is 0 Å². The molecule has 0 N–H and O–H groups in total. The van der Waals surface area contributed by atoms with E-state index in [2.05, 4.69) is 31.0 Å². The predicted octanol–water partition coefficient (Wildman–Crippen LogP) is 2.41. The molecule has 0 unspecified atom stereocenters. The molecule has 2 nitrogen and oxygen atoms in total. The molecule has 0 spiro atoms. The van der Waals surface area contributed by atoms with Gasteiger partial charge in [-0.1, -0.05) is 28.2 Å². The van der Waals surface area contributed by atoms with E-state index in [0.717, 1.165) is 0 Å². The Kier molecular flexibility index (Phi) is 3.18. The third-order valence-electron chi connectivity index (χ3n) is 1.45. The van der Waals surface area contributed by atoms with Crippen LogP contribution in [0.3, 0.4) is 0 Å². The van der Waals surface area contributed by atoms with Crippen LogP contribution in [-0.2, 0) is 5.41 Å². The molecule has 0 aliphatic heterocycles. The van der Waals surface area contributed by atoms with Crippen LogP contribution in [0.25, 0.3) is 0 Å². The molecule has 62 valence electrons. The van der Waals surface area contributed by atoms with Crippen molar-refractivity contribution in [1.82, 2.24) is 10.2 Å². The molecule has 0 aliphatic carbocycles. The Bertz CT molecular complexity index is 199. The molecule has 0 fully saturated rings. The van der Waals surface area contributed by atoms with Crippen molar-refractivity contribution in [3.05, 3.63) is 24.0 Å². The first-order valence-electron chi connectivity index (χ1n) is 3.38. The fourth-order valence-electron chi connectivity index (χ4n) is 0.734. The quantitative estimate of drug-likeness (QED) is 0.570. The molecule has 0 bridgehead atoms. The first kappa shape index (κ1) is 10.1. The Morgan fingerprint density at radius 3 is 2.09 bits per heavy atom. The smallest absolute Gasteiger partial charge is 0.0533 e. The third-order valence-corrected chi connectivity index (χ3v) is 1.45. The van der Waals surface area contributed by atoms with Gasteiger partial charge in [0.25, 0.3) is 0 Å². The van der Waals surface area contributed by atoms with Crippen LogP contribution in [0, 0.1) is 0 Å². The fraction of sp³-hybridized carbons (Fsp3) is 0.556. The van der Waals surface area contributed by atoms with Gasteiger partial charge in [-0.2, -0.15) is 10.2 Å². The molecule has 1 rings (SSSR count). The number of hydrogen-bond donors (Lipinski definition) is 0. The molecule has 1 aromatic heterocycles. The van der Waals surface area contributed by atoms with Crippen LogP contribution in [-0.4, -0.2) is 10.2 Å². The highest BCUT2D eigenvalue weighted by molar-refractivity contribution is 5.15. The lowest BCUT2D eigenvalue weighted by Gasteiger charge is -2.16. The number of nitrogens with zero attached hydrogens (tertiary/aromatic N) is 2. The molecule has 1 heterocycles. The van der Waals surface area contributed by atoms with Gasteiger partial charge in [0.1, 0.15) is 0 Å². The minimum absolute atomic E-state index is 0. The minimum Gasteiger partial charge on any atom is -0.159 e. The van der Waals surface area contributed by atoms with E-state index in [1.807, 2.05) is 6.07 Å². The Hall–Kier alpha value is -0.920. The van der Waals surface area contributed by atoms with Gasteiger partial charge >= 0.3 is 0 Å². The van der Waals surface area contributed by atoms with Gasteiger partial charge in [-0.25, -0.2) is 0 Å². The van der Waals surface area contributed by atoms with E-state index in [4.69, 9.17) is 0 Å². The van der Waals surface area contributed by atoms with Crippen molar-refractivity contribution < 1.29 is 0 Å². The zero-order valence-electron chi connectivity index (χ0n) is 6.63. The third kappa shape index (κ3) is 2.66. The monoisotopic (exact) mass is 152 g/mol. The van der Waals surface area contributed by atoms with E-state index in [1.54, 1.807) is 12.4 Å². The summed E-state index contributed by atoms with van der Waals surface area (Å²) < 4.78 is 0. The second-order valence-electron chi connectivity index (χ2n) is 3.38. The number of hydrogen-bond acceptors (Lipinski definition) is 2. The van der Waals surface area contributed by atoms with Gasteiger partial charge in [-0.3, -0.25) is 0 Å². The average molecular weight is 152 g/mol. The Labute approximate surface area is 68.7 Å². The highest BCUT2D eigenvalue weighted by Crippen LogP contribution is 2.19. The Morgan fingerprint density at radius 1 is 1.18 bits per heavy atom. The van der Waals surface area contributed by atoms with Crippen molar-refractivity contribution in [2.75, 3.05) is 0 Å². The van der Waals surface area contributed by atoms with Gasteiger partial charge in [0, 0.05) is 6.20 Å². The van der Waals surface area contributed by atoms with E-state index < -0.39 is 0 Å². The summed E-state index contributed by atoms with van der Waals surface area (Å²) in [6.07, 6.45) is 3.53. The van der Waals surface area contributed by atoms with Crippen molar-refractivity contribution in [3.8, 4) is 0 Å². The van der Waals surface area contributed by atoms with E-state index >= 15 is 0 Å². The maximum Gasteiger partial charge on any atom is 0.0533 e. The van der Waals surface area contributed by atoms with Gasteiger partial charge < -0.3 is 0 Å². The van der Waals surface area contributed by atoms with E-state index in [9.17, 15) is 0 Å². The van der Waals surface area contributed by atoms with E-state index in [1.165, 1.54) is 5.56 Å². The lowest BCUT2D eigenvalue weighted by Crippen LogP contribution is -2.11. The zero-order chi connectivity index (χ0) is 7.61. The van der Waals surface area contributed by atoms with Gasteiger partial charge in [0.2, 0.25) is 0 Å². The molecule has 1 aromatic rings. The number of aromatic nitrogens is 2. The molecule has 0 atom stereocenters. The Balaban J connectivity index is 0.000001000. The average Bonchev–Trinajstić information content (AvgIpc) is 1.88. The molecule has 0 aliphatic rings. The standard InChI is InChI=1S/C8H12N2.CH4/c1-8(2,3)7-4-5-9-10-6-7;/h4-6H,1-3H3;1H4. The molecule has 0 saturated carbocycles. The van der Waals surface area contributed by atoms with Crippen LogP contribution >= 0.6 is 0 Å². The van der Waals surface area contributed by atoms with Crippen LogP contribution in [0.15, 0.2) is 18.5 Å². The first-order valence-corrected chi connectivity index (χ1v) is 3.38. The summed E-state index contributed by atoms with van der Waals surface area (Å²) >= 11 is 0. The van der Waals surface area contributed by atoms with Gasteiger partial charge in [0.05, 0.1) is 6.20 Å². The topological polar surface area (TPSA) is 25.8 Å². The summed E-state index contributed by atoms with van der Waals surface area (Å²) in [5.74, 6) is 0. The molecule has 11 heavy (non-hydrogen) atoms. The van der Waals surface area contributed by atoms with Crippen molar-refractivity contribution in [3.63, 3.8) is 0 Å². The van der Waals surface area contributed by atoms with Crippen LogP contribution in [0.4, 0.5) is 0 Å². The van der Waals surface area contributed by atoms with Crippen LogP contribution in [0.2, 0.25) is 0 Å². The lowest BCUT2D eigenvalue weighted by atomic mass is 9.89. The van der Waals surface area contributed by atoms with Gasteiger partial charge in [-0.15, -0.1) is 0 Å². The molecule has 0 aromatic carbocycles. The summed E-state index contributed by atoms with van der Waals surface area (Å²) in [5, 5.41) is 7.51. The fourth-order valence-corrected chi connectivity index (χ4v) is 0.734. The normalized spacial score (nSPS) is 10.5. The first-order chi connectivity index (χ1) is 4.61. The SMILES string of the molecule is C.CC(C)(C)c1ccnnc1. The van der Waals surface area contributed by atoms with Crippen molar-refractivity contribution in [1.29, 1.82) is 0 Å².